The Balaban J connectivity index is 1.64. The molecule has 0 saturated carbocycles. The smallest absolute Gasteiger partial charge is 0.232 e. The first-order valence-electron chi connectivity index (χ1n) is 7.15. The van der Waals surface area contributed by atoms with Crippen molar-refractivity contribution < 1.29 is 9.53 Å². The number of hydrogen-bond acceptors (Lipinski definition) is 5. The van der Waals surface area contributed by atoms with Crippen molar-refractivity contribution >= 4 is 17.7 Å². The Labute approximate surface area is 122 Å². The van der Waals surface area contributed by atoms with Crippen molar-refractivity contribution in [3.05, 3.63) is 11.9 Å². The van der Waals surface area contributed by atoms with Gasteiger partial charge in [0.25, 0.3) is 0 Å². The van der Waals surface area contributed by atoms with Crippen molar-refractivity contribution in [3.63, 3.8) is 0 Å². The van der Waals surface area contributed by atoms with Crippen molar-refractivity contribution in [2.24, 2.45) is 0 Å². The minimum absolute atomic E-state index is 0.120. The quantitative estimate of drug-likeness (QED) is 0.779. The molecule has 1 aromatic heterocycles. The maximum Gasteiger partial charge on any atom is 0.232 e. The van der Waals surface area contributed by atoms with E-state index in [-0.39, 0.29) is 18.1 Å². The number of carbonyl (C=O) groups excluding carboxylic acids is 1. The van der Waals surface area contributed by atoms with Gasteiger partial charge in [-0.15, -0.1) is 5.10 Å². The van der Waals surface area contributed by atoms with E-state index in [9.17, 15) is 4.79 Å². The van der Waals surface area contributed by atoms with Gasteiger partial charge in [0.1, 0.15) is 0 Å². The van der Waals surface area contributed by atoms with Crippen LogP contribution < -0.4 is 0 Å². The van der Waals surface area contributed by atoms with Gasteiger partial charge in [-0.3, -0.25) is 4.79 Å². The highest BCUT2D eigenvalue weighted by molar-refractivity contribution is 7.99. The number of ether oxygens (including phenoxy) is 1. The normalized spacial score (nSPS) is 25.1. The van der Waals surface area contributed by atoms with Crippen LogP contribution in [-0.4, -0.2) is 56.5 Å². The second-order valence-corrected chi connectivity index (χ2v) is 6.37. The van der Waals surface area contributed by atoms with Crippen molar-refractivity contribution in [1.82, 2.24) is 19.9 Å². The third-order valence-corrected chi connectivity index (χ3v) is 5.00. The summed E-state index contributed by atoms with van der Waals surface area (Å²) in [6, 6.07) is 0.120. The van der Waals surface area contributed by atoms with Gasteiger partial charge < -0.3 is 9.64 Å². The van der Waals surface area contributed by atoms with Crippen LogP contribution in [-0.2, 0) is 16.1 Å². The van der Waals surface area contributed by atoms with Crippen molar-refractivity contribution in [2.45, 2.75) is 38.5 Å². The SMILES string of the molecule is CCCSCC(=O)N1CC[C@H]2OCc3cnnn3[C@H]2C1. The van der Waals surface area contributed by atoms with E-state index in [1.165, 1.54) is 0 Å². The van der Waals surface area contributed by atoms with E-state index in [0.29, 0.717) is 18.9 Å². The average Bonchev–Trinajstić information content (AvgIpc) is 2.95. The molecule has 0 radical (unpaired) electrons. The van der Waals surface area contributed by atoms with Crippen molar-refractivity contribution in [3.8, 4) is 0 Å². The Morgan fingerprint density at radius 2 is 2.50 bits per heavy atom. The first-order valence-corrected chi connectivity index (χ1v) is 8.31. The molecule has 1 fully saturated rings. The maximum absolute atomic E-state index is 12.2. The first kappa shape index (κ1) is 13.9. The monoisotopic (exact) mass is 296 g/mol. The zero-order chi connectivity index (χ0) is 13.9. The fourth-order valence-electron chi connectivity index (χ4n) is 2.80. The van der Waals surface area contributed by atoms with E-state index < -0.39 is 0 Å². The molecule has 0 unspecified atom stereocenters. The molecule has 2 aliphatic rings. The highest BCUT2D eigenvalue weighted by Gasteiger charge is 2.37. The van der Waals surface area contributed by atoms with Crippen molar-refractivity contribution in [2.75, 3.05) is 24.6 Å². The lowest BCUT2D eigenvalue weighted by Crippen LogP contribution is -2.50. The summed E-state index contributed by atoms with van der Waals surface area (Å²) in [5, 5.41) is 8.10. The Hall–Kier alpha value is -1.08. The van der Waals surface area contributed by atoms with Gasteiger partial charge in [0.15, 0.2) is 0 Å². The number of nitrogens with zero attached hydrogens (tertiary/aromatic N) is 4. The second-order valence-electron chi connectivity index (χ2n) is 5.27. The molecule has 6 nitrogen and oxygen atoms in total. The van der Waals surface area contributed by atoms with Gasteiger partial charge in [0.05, 0.1) is 36.4 Å². The molecule has 20 heavy (non-hydrogen) atoms. The molecule has 2 atom stereocenters. The van der Waals surface area contributed by atoms with Crippen LogP contribution in [0.1, 0.15) is 31.5 Å². The highest BCUT2D eigenvalue weighted by atomic mass is 32.2. The molecule has 3 heterocycles. The van der Waals surface area contributed by atoms with E-state index >= 15 is 0 Å². The molecule has 1 saturated heterocycles. The molecule has 0 bridgehead atoms. The van der Waals surface area contributed by atoms with E-state index in [0.717, 1.165) is 30.8 Å². The number of amides is 1. The van der Waals surface area contributed by atoms with Gasteiger partial charge in [-0.05, 0) is 18.6 Å². The largest absolute Gasteiger partial charge is 0.370 e. The molecule has 0 N–H and O–H groups in total. The zero-order valence-electron chi connectivity index (χ0n) is 11.7. The van der Waals surface area contributed by atoms with Crippen LogP contribution in [0.3, 0.4) is 0 Å². The number of rotatable bonds is 4. The van der Waals surface area contributed by atoms with E-state index in [1.807, 2.05) is 9.58 Å². The summed E-state index contributed by atoms with van der Waals surface area (Å²) < 4.78 is 7.79. The summed E-state index contributed by atoms with van der Waals surface area (Å²) in [5.74, 6) is 1.85. The molecule has 0 spiro atoms. The van der Waals surface area contributed by atoms with Crippen LogP contribution >= 0.6 is 11.8 Å². The van der Waals surface area contributed by atoms with Gasteiger partial charge in [-0.2, -0.15) is 11.8 Å². The number of thioether (sulfide) groups is 1. The van der Waals surface area contributed by atoms with Gasteiger partial charge in [-0.25, -0.2) is 4.68 Å². The summed E-state index contributed by atoms with van der Waals surface area (Å²) in [6.07, 6.45) is 3.90. The number of likely N-dealkylation sites (tertiary alicyclic amines) is 1. The predicted octanol–water partition coefficient (Wildman–Crippen LogP) is 1.09. The molecular formula is C13H20N4O2S. The average molecular weight is 296 g/mol. The summed E-state index contributed by atoms with van der Waals surface area (Å²) >= 11 is 1.71. The third kappa shape index (κ3) is 2.69. The van der Waals surface area contributed by atoms with Gasteiger partial charge >= 0.3 is 0 Å². The van der Waals surface area contributed by atoms with Crippen LogP contribution in [0.2, 0.25) is 0 Å². The Kier molecular flexibility index (Phi) is 4.26. The van der Waals surface area contributed by atoms with E-state index in [1.54, 1.807) is 18.0 Å². The molecule has 7 heteroatoms. The lowest BCUT2D eigenvalue weighted by Gasteiger charge is -2.41. The lowest BCUT2D eigenvalue weighted by molar-refractivity contribution is -0.135. The number of carbonyl (C=O) groups is 1. The minimum Gasteiger partial charge on any atom is -0.370 e. The molecule has 3 rings (SSSR count). The van der Waals surface area contributed by atoms with Crippen LogP contribution in [0.5, 0.6) is 0 Å². The van der Waals surface area contributed by atoms with Crippen LogP contribution in [0.4, 0.5) is 0 Å². The summed E-state index contributed by atoms with van der Waals surface area (Å²) in [4.78, 5) is 14.2. The number of hydrogen-bond donors (Lipinski definition) is 0. The van der Waals surface area contributed by atoms with Gasteiger partial charge in [0, 0.05) is 13.1 Å². The van der Waals surface area contributed by atoms with Crippen molar-refractivity contribution in [1.29, 1.82) is 0 Å². The highest BCUT2D eigenvalue weighted by Crippen LogP contribution is 2.30. The molecule has 1 amide bonds. The van der Waals surface area contributed by atoms with Gasteiger partial charge in [0.2, 0.25) is 5.91 Å². The first-order chi connectivity index (χ1) is 9.79. The Bertz CT molecular complexity index is 479. The standard InChI is InChI=1S/C13H20N4O2S/c1-2-5-20-9-13(18)16-4-3-12-11(7-16)17-10(8-19-12)6-14-15-17/h6,11-12H,2-5,7-9H2,1H3/t11-,12+/m0/s1. The minimum atomic E-state index is 0.120. The summed E-state index contributed by atoms with van der Waals surface area (Å²) in [7, 11) is 0. The summed E-state index contributed by atoms with van der Waals surface area (Å²) in [5.41, 5.74) is 1.00. The molecule has 110 valence electrons. The number of aromatic nitrogens is 3. The fraction of sp³-hybridized carbons (Fsp3) is 0.769. The number of piperidine rings is 1. The topological polar surface area (TPSA) is 60.3 Å². The van der Waals surface area contributed by atoms with Gasteiger partial charge in [-0.1, -0.05) is 12.1 Å². The molecular weight excluding hydrogens is 276 g/mol. The lowest BCUT2D eigenvalue weighted by atomic mass is 10.0. The Morgan fingerprint density at radius 3 is 3.35 bits per heavy atom. The predicted molar refractivity (Wildman–Crippen MR) is 76.4 cm³/mol. The molecule has 0 aliphatic carbocycles. The van der Waals surface area contributed by atoms with E-state index in [2.05, 4.69) is 17.2 Å². The second kappa shape index (κ2) is 6.13. The fourth-order valence-corrected chi connectivity index (χ4v) is 3.59. The number of fused-ring (bicyclic) bond motifs is 3. The van der Waals surface area contributed by atoms with E-state index in [4.69, 9.17) is 4.74 Å². The van der Waals surface area contributed by atoms with Crippen LogP contribution in [0.25, 0.3) is 0 Å². The molecule has 1 aromatic rings. The molecule has 0 aromatic carbocycles. The third-order valence-electron chi connectivity index (χ3n) is 3.86. The maximum atomic E-state index is 12.2. The molecule has 2 aliphatic heterocycles. The Morgan fingerprint density at radius 1 is 1.60 bits per heavy atom. The summed E-state index contributed by atoms with van der Waals surface area (Å²) in [6.45, 7) is 4.19. The van der Waals surface area contributed by atoms with Crippen LogP contribution in [0, 0.1) is 0 Å². The zero-order valence-corrected chi connectivity index (χ0v) is 12.5. The van der Waals surface area contributed by atoms with Crippen LogP contribution in [0.15, 0.2) is 6.20 Å².